The summed E-state index contributed by atoms with van der Waals surface area (Å²) in [6, 6.07) is 18.0. The average Bonchev–Trinajstić information content (AvgIpc) is 2.60. The van der Waals surface area contributed by atoms with E-state index >= 15 is 0 Å². The molecule has 0 heterocycles. The zero-order valence-electron chi connectivity index (χ0n) is 13.3. The largest absolute Gasteiger partial charge is 0.354 e. The molecule has 0 aliphatic heterocycles. The van der Waals surface area contributed by atoms with Crippen molar-refractivity contribution in [1.82, 2.24) is 10.6 Å². The Balaban J connectivity index is 2.09. The topological polar surface area (TPSA) is 58.2 Å². The lowest BCUT2D eigenvalue weighted by Gasteiger charge is -2.18. The van der Waals surface area contributed by atoms with Gasteiger partial charge >= 0.3 is 0 Å². The minimum atomic E-state index is -0.586. The van der Waals surface area contributed by atoms with Gasteiger partial charge in [-0.2, -0.15) is 0 Å². The summed E-state index contributed by atoms with van der Waals surface area (Å²) in [6.07, 6.45) is 1.32. The van der Waals surface area contributed by atoms with Gasteiger partial charge in [-0.3, -0.25) is 9.59 Å². The molecule has 4 nitrogen and oxygen atoms in total. The normalized spacial score (nSPS) is 11.5. The van der Waals surface area contributed by atoms with Gasteiger partial charge in [0.05, 0.1) is 0 Å². The van der Waals surface area contributed by atoms with Crippen LogP contribution in [0, 0.1) is 0 Å². The van der Waals surface area contributed by atoms with Crippen LogP contribution in [0.25, 0.3) is 0 Å². The first-order chi connectivity index (χ1) is 11.2. The fourth-order valence-electron chi connectivity index (χ4n) is 2.26. The van der Waals surface area contributed by atoms with Crippen LogP contribution < -0.4 is 10.6 Å². The highest BCUT2D eigenvalue weighted by Gasteiger charge is 2.21. The van der Waals surface area contributed by atoms with Gasteiger partial charge in [-0.15, -0.1) is 0 Å². The Morgan fingerprint density at radius 3 is 2.17 bits per heavy atom. The van der Waals surface area contributed by atoms with E-state index in [1.807, 2.05) is 43.3 Å². The Kier molecular flexibility index (Phi) is 6.36. The summed E-state index contributed by atoms with van der Waals surface area (Å²) in [7, 11) is 0. The summed E-state index contributed by atoms with van der Waals surface area (Å²) in [5.41, 5.74) is 1.56. The SMILES string of the molecule is CCCNC(=O)C(Cc1ccccc1)NC(=O)c1ccccc1. The number of hydrogen-bond acceptors (Lipinski definition) is 2. The van der Waals surface area contributed by atoms with Crippen LogP contribution in [0.4, 0.5) is 0 Å². The Morgan fingerprint density at radius 2 is 1.57 bits per heavy atom. The predicted octanol–water partition coefficient (Wildman–Crippen LogP) is 2.55. The first kappa shape index (κ1) is 16.7. The summed E-state index contributed by atoms with van der Waals surface area (Å²) in [6.45, 7) is 2.60. The van der Waals surface area contributed by atoms with Crippen LogP contribution in [0.2, 0.25) is 0 Å². The second kappa shape index (κ2) is 8.73. The standard InChI is InChI=1S/C19H22N2O2/c1-2-13-20-19(23)17(14-15-9-5-3-6-10-15)21-18(22)16-11-7-4-8-12-16/h3-12,17H,2,13-14H2,1H3,(H,20,23)(H,21,22). The quantitative estimate of drug-likeness (QED) is 0.826. The van der Waals surface area contributed by atoms with Gasteiger partial charge < -0.3 is 10.6 Å². The van der Waals surface area contributed by atoms with Crippen molar-refractivity contribution in [3.05, 3.63) is 71.8 Å². The maximum absolute atomic E-state index is 12.3. The number of hydrogen-bond donors (Lipinski definition) is 2. The lowest BCUT2D eigenvalue weighted by atomic mass is 10.0. The van der Waals surface area contributed by atoms with Gasteiger partial charge in [0, 0.05) is 18.5 Å². The molecule has 1 unspecified atom stereocenters. The van der Waals surface area contributed by atoms with Gasteiger partial charge in [0.25, 0.3) is 5.91 Å². The first-order valence-corrected chi connectivity index (χ1v) is 7.88. The molecule has 2 rings (SSSR count). The van der Waals surface area contributed by atoms with Crippen molar-refractivity contribution in [3.8, 4) is 0 Å². The van der Waals surface area contributed by atoms with E-state index in [0.717, 1.165) is 12.0 Å². The fourth-order valence-corrected chi connectivity index (χ4v) is 2.26. The van der Waals surface area contributed by atoms with Gasteiger partial charge in [-0.25, -0.2) is 0 Å². The Labute approximate surface area is 136 Å². The highest BCUT2D eigenvalue weighted by atomic mass is 16.2. The predicted molar refractivity (Wildman–Crippen MR) is 91.1 cm³/mol. The van der Waals surface area contributed by atoms with Crippen molar-refractivity contribution < 1.29 is 9.59 Å². The molecule has 0 radical (unpaired) electrons. The van der Waals surface area contributed by atoms with Crippen molar-refractivity contribution in [2.24, 2.45) is 0 Å². The minimum absolute atomic E-state index is 0.153. The molecule has 0 aliphatic carbocycles. The third kappa shape index (κ3) is 5.25. The van der Waals surface area contributed by atoms with Crippen LogP contribution in [0.1, 0.15) is 29.3 Å². The van der Waals surface area contributed by atoms with E-state index < -0.39 is 6.04 Å². The van der Waals surface area contributed by atoms with Crippen molar-refractivity contribution in [2.45, 2.75) is 25.8 Å². The van der Waals surface area contributed by atoms with Crippen LogP contribution in [-0.2, 0) is 11.2 Å². The van der Waals surface area contributed by atoms with Crippen LogP contribution in [0.3, 0.4) is 0 Å². The molecule has 2 amide bonds. The van der Waals surface area contributed by atoms with E-state index in [1.54, 1.807) is 24.3 Å². The Morgan fingerprint density at radius 1 is 0.957 bits per heavy atom. The molecule has 2 N–H and O–H groups in total. The molecule has 1 atom stereocenters. The minimum Gasteiger partial charge on any atom is -0.354 e. The van der Waals surface area contributed by atoms with Crippen molar-refractivity contribution in [3.63, 3.8) is 0 Å². The monoisotopic (exact) mass is 310 g/mol. The molecule has 0 spiro atoms. The number of nitrogens with one attached hydrogen (secondary N) is 2. The van der Waals surface area contributed by atoms with Gasteiger partial charge in [0.15, 0.2) is 0 Å². The first-order valence-electron chi connectivity index (χ1n) is 7.88. The molecule has 0 aromatic heterocycles. The smallest absolute Gasteiger partial charge is 0.251 e. The van der Waals surface area contributed by atoms with Gasteiger partial charge in [0.2, 0.25) is 5.91 Å². The molecular formula is C19H22N2O2. The summed E-state index contributed by atoms with van der Waals surface area (Å²) in [5.74, 6) is -0.391. The summed E-state index contributed by atoms with van der Waals surface area (Å²) >= 11 is 0. The molecule has 0 saturated carbocycles. The number of benzene rings is 2. The molecule has 0 fully saturated rings. The maximum Gasteiger partial charge on any atom is 0.251 e. The lowest BCUT2D eigenvalue weighted by Crippen LogP contribution is -2.48. The van der Waals surface area contributed by atoms with E-state index in [0.29, 0.717) is 18.5 Å². The van der Waals surface area contributed by atoms with Gasteiger partial charge in [-0.1, -0.05) is 55.5 Å². The van der Waals surface area contributed by atoms with E-state index in [9.17, 15) is 9.59 Å². The van der Waals surface area contributed by atoms with E-state index in [-0.39, 0.29) is 11.8 Å². The number of rotatable bonds is 7. The highest BCUT2D eigenvalue weighted by molar-refractivity contribution is 5.97. The van der Waals surface area contributed by atoms with Gasteiger partial charge in [0.1, 0.15) is 6.04 Å². The lowest BCUT2D eigenvalue weighted by molar-refractivity contribution is -0.122. The van der Waals surface area contributed by atoms with E-state index in [2.05, 4.69) is 10.6 Å². The maximum atomic E-state index is 12.3. The Hall–Kier alpha value is -2.62. The second-order valence-electron chi connectivity index (χ2n) is 5.37. The molecule has 2 aromatic carbocycles. The number of carbonyl (C=O) groups excluding carboxylic acids is 2. The third-order valence-corrected chi connectivity index (χ3v) is 3.49. The third-order valence-electron chi connectivity index (χ3n) is 3.49. The molecule has 23 heavy (non-hydrogen) atoms. The van der Waals surface area contributed by atoms with Crippen LogP contribution in [0.5, 0.6) is 0 Å². The highest BCUT2D eigenvalue weighted by Crippen LogP contribution is 2.05. The number of amides is 2. The molecule has 0 saturated heterocycles. The molecule has 4 heteroatoms. The van der Waals surface area contributed by atoms with E-state index in [4.69, 9.17) is 0 Å². The van der Waals surface area contributed by atoms with Crippen LogP contribution in [0.15, 0.2) is 60.7 Å². The van der Waals surface area contributed by atoms with E-state index in [1.165, 1.54) is 0 Å². The zero-order valence-corrected chi connectivity index (χ0v) is 13.3. The van der Waals surface area contributed by atoms with Crippen LogP contribution in [-0.4, -0.2) is 24.4 Å². The summed E-state index contributed by atoms with van der Waals surface area (Å²) < 4.78 is 0. The Bertz CT molecular complexity index is 626. The van der Waals surface area contributed by atoms with Crippen LogP contribution >= 0.6 is 0 Å². The number of carbonyl (C=O) groups is 2. The van der Waals surface area contributed by atoms with Gasteiger partial charge in [-0.05, 0) is 24.1 Å². The fraction of sp³-hybridized carbons (Fsp3) is 0.263. The summed E-state index contributed by atoms with van der Waals surface area (Å²) in [5, 5.41) is 5.70. The second-order valence-corrected chi connectivity index (χ2v) is 5.37. The van der Waals surface area contributed by atoms with Crippen molar-refractivity contribution in [1.29, 1.82) is 0 Å². The zero-order chi connectivity index (χ0) is 16.5. The van der Waals surface area contributed by atoms with Crippen molar-refractivity contribution >= 4 is 11.8 Å². The molecule has 120 valence electrons. The molecule has 2 aromatic rings. The van der Waals surface area contributed by atoms with Crippen molar-refractivity contribution in [2.75, 3.05) is 6.54 Å². The summed E-state index contributed by atoms with van der Waals surface area (Å²) in [4.78, 5) is 24.7. The molecular weight excluding hydrogens is 288 g/mol. The average molecular weight is 310 g/mol. The molecule has 0 aliphatic rings. The molecule has 0 bridgehead atoms.